The lowest BCUT2D eigenvalue weighted by Crippen LogP contribution is -2.30. The molecule has 0 saturated heterocycles. The average Bonchev–Trinajstić information content (AvgIpc) is 2.11. The lowest BCUT2D eigenvalue weighted by atomic mass is 10.2. The minimum absolute atomic E-state index is 0.0211. The molecule has 110 valence electrons. The van der Waals surface area contributed by atoms with E-state index in [0.717, 1.165) is 0 Å². The van der Waals surface area contributed by atoms with Gasteiger partial charge in [0.25, 0.3) is 0 Å². The fraction of sp³-hybridized carbons (Fsp3) is 1.00. The van der Waals surface area contributed by atoms with Crippen LogP contribution in [0.3, 0.4) is 0 Å². The summed E-state index contributed by atoms with van der Waals surface area (Å²) in [5.74, 6) is 0. The normalized spacial score (nSPS) is 14.7. The van der Waals surface area contributed by atoms with Crippen molar-refractivity contribution in [1.29, 1.82) is 0 Å². The first-order chi connectivity index (χ1) is 8.12. The minimum Gasteiger partial charge on any atom is -0.750 e. The molecule has 0 N–H and O–H groups in total. The molecule has 18 heavy (non-hydrogen) atoms. The Morgan fingerprint density at radius 2 is 1.67 bits per heavy atom. The van der Waals surface area contributed by atoms with Crippen molar-refractivity contribution in [1.82, 2.24) is 0 Å². The zero-order chi connectivity index (χ0) is 14.2. The summed E-state index contributed by atoms with van der Waals surface area (Å²) in [6.07, 6.45) is 1.62. The van der Waals surface area contributed by atoms with Gasteiger partial charge < -0.3 is 8.74 Å². The molecule has 0 aromatic heterocycles. The molecule has 0 fully saturated rings. The van der Waals surface area contributed by atoms with Gasteiger partial charge in [0.2, 0.25) is 8.32 Å². The van der Waals surface area contributed by atoms with Crippen molar-refractivity contribution in [3.8, 4) is 0 Å². The Labute approximate surface area is 112 Å². The van der Waals surface area contributed by atoms with E-state index < -0.39 is 30.1 Å². The van der Waals surface area contributed by atoms with Crippen LogP contribution < -0.4 is 0 Å². The summed E-state index contributed by atoms with van der Waals surface area (Å²) in [4.78, 5) is 0. The van der Waals surface area contributed by atoms with Gasteiger partial charge in [0.1, 0.15) is 0 Å². The quantitative estimate of drug-likeness (QED) is 0.337. The van der Waals surface area contributed by atoms with E-state index in [1.54, 1.807) is 19.6 Å². The van der Waals surface area contributed by atoms with Crippen molar-refractivity contribution in [2.24, 2.45) is 0 Å². The lowest BCUT2D eigenvalue weighted by molar-refractivity contribution is 0.255. The Morgan fingerprint density at radius 1 is 1.11 bits per heavy atom. The highest BCUT2D eigenvalue weighted by Crippen LogP contribution is 2.10. The molecular weight excluding hydrogens is 300 g/mol. The van der Waals surface area contributed by atoms with Crippen LogP contribution in [0.2, 0.25) is 19.6 Å². The molecular formula is C8H19O7S2Si-. The highest BCUT2D eigenvalue weighted by atomic mass is 32.3. The smallest absolute Gasteiger partial charge is 0.390 e. The number of hydrogen-bond donors (Lipinski definition) is 0. The molecule has 0 heterocycles. The van der Waals surface area contributed by atoms with Gasteiger partial charge in [-0.05, 0) is 38.9 Å². The molecule has 0 rings (SSSR count). The van der Waals surface area contributed by atoms with Crippen LogP contribution in [-0.4, -0.2) is 38.7 Å². The first-order valence-corrected chi connectivity index (χ1v) is 11.2. The molecule has 0 radical (unpaired) electrons. The van der Waals surface area contributed by atoms with E-state index in [1.807, 2.05) is 0 Å². The highest BCUT2D eigenvalue weighted by molar-refractivity contribution is 7.83. The number of unbranched alkanes of at least 4 members (excludes halogenated alkanes) is 2. The third-order valence-electron chi connectivity index (χ3n) is 1.55. The van der Waals surface area contributed by atoms with Crippen LogP contribution >= 0.6 is 0 Å². The van der Waals surface area contributed by atoms with Crippen LogP contribution in [0.5, 0.6) is 0 Å². The van der Waals surface area contributed by atoms with Crippen molar-refractivity contribution in [2.75, 3.05) is 13.2 Å². The second kappa shape index (κ2) is 8.35. The van der Waals surface area contributed by atoms with Crippen LogP contribution in [0.4, 0.5) is 0 Å². The maximum absolute atomic E-state index is 11.3. The first kappa shape index (κ1) is 18.2. The monoisotopic (exact) mass is 319 g/mol. The second-order valence-electron chi connectivity index (χ2n) is 4.51. The van der Waals surface area contributed by atoms with E-state index in [1.165, 1.54) is 0 Å². The van der Waals surface area contributed by atoms with Gasteiger partial charge in [-0.1, -0.05) is 0 Å². The van der Waals surface area contributed by atoms with Gasteiger partial charge in [0.15, 0.2) is 0 Å². The Morgan fingerprint density at radius 3 is 2.17 bits per heavy atom. The van der Waals surface area contributed by atoms with Gasteiger partial charge in [-0.3, -0.25) is 3.87 Å². The van der Waals surface area contributed by atoms with Crippen molar-refractivity contribution in [2.45, 2.75) is 38.9 Å². The second-order valence-corrected chi connectivity index (χ2v) is 11.1. The Kier molecular flexibility index (Phi) is 8.42. The predicted molar refractivity (Wildman–Crippen MR) is 68.0 cm³/mol. The third kappa shape index (κ3) is 12.6. The Hall–Kier alpha value is 0.157. The molecule has 0 aromatic rings. The van der Waals surface area contributed by atoms with E-state index in [-0.39, 0.29) is 13.2 Å². The van der Waals surface area contributed by atoms with Gasteiger partial charge in [0.05, 0.1) is 24.6 Å². The molecule has 0 bridgehead atoms. The van der Waals surface area contributed by atoms with Crippen molar-refractivity contribution < 1.29 is 29.4 Å². The van der Waals surface area contributed by atoms with Crippen LogP contribution in [0, 0.1) is 0 Å². The third-order valence-corrected chi connectivity index (χ3v) is 5.18. The summed E-state index contributed by atoms with van der Waals surface area (Å²) in [7, 11) is -6.10. The van der Waals surface area contributed by atoms with Gasteiger partial charge in [-0.2, -0.15) is 8.42 Å². The van der Waals surface area contributed by atoms with Gasteiger partial charge >= 0.3 is 10.4 Å². The number of hydrogen-bond acceptors (Lipinski definition) is 7. The lowest BCUT2D eigenvalue weighted by Gasteiger charge is -2.15. The molecule has 1 atom stereocenters. The first-order valence-electron chi connectivity index (χ1n) is 5.45. The minimum atomic E-state index is -3.91. The molecule has 7 nitrogen and oxygen atoms in total. The molecule has 0 aliphatic carbocycles. The zero-order valence-corrected chi connectivity index (χ0v) is 13.3. The summed E-state index contributed by atoms with van der Waals surface area (Å²) in [5, 5.41) is 0. The summed E-state index contributed by atoms with van der Waals surface area (Å²) in [6.45, 7) is 5.35. The largest absolute Gasteiger partial charge is 0.750 e. The van der Waals surface area contributed by atoms with E-state index in [9.17, 15) is 17.2 Å². The summed E-state index contributed by atoms with van der Waals surface area (Å²) >= 11 is -2.49. The average molecular weight is 319 g/mol. The van der Waals surface area contributed by atoms with Crippen LogP contribution in [-0.2, 0) is 34.0 Å². The summed E-state index contributed by atoms with van der Waals surface area (Å²) in [5.41, 5.74) is 0. The maximum Gasteiger partial charge on any atom is 0.390 e. The molecule has 10 heteroatoms. The topological polar surface area (TPSA) is 102 Å². The molecule has 1 unspecified atom stereocenters. The Balaban J connectivity index is 3.63. The van der Waals surface area contributed by atoms with Gasteiger partial charge in [-0.25, -0.2) is 8.39 Å². The van der Waals surface area contributed by atoms with Crippen molar-refractivity contribution >= 4 is 30.1 Å². The van der Waals surface area contributed by atoms with Gasteiger partial charge in [0, 0.05) is 0 Å². The fourth-order valence-corrected chi connectivity index (χ4v) is 4.22. The van der Waals surface area contributed by atoms with E-state index in [4.69, 9.17) is 3.87 Å². The van der Waals surface area contributed by atoms with Crippen LogP contribution in [0.25, 0.3) is 0 Å². The molecule has 0 aliphatic rings. The van der Waals surface area contributed by atoms with E-state index in [2.05, 4.69) is 8.37 Å². The summed E-state index contributed by atoms with van der Waals surface area (Å²) < 4.78 is 56.5. The molecule has 0 aromatic carbocycles. The van der Waals surface area contributed by atoms with Crippen molar-refractivity contribution in [3.63, 3.8) is 0 Å². The van der Waals surface area contributed by atoms with E-state index >= 15 is 0 Å². The summed E-state index contributed by atoms with van der Waals surface area (Å²) in [6, 6.07) is 0. The standard InChI is InChI=1S/C8H20O7S2Si/c1-18(2,3)15-17(11,12)14-8-6-4-5-7-13-16(9)10/h4-8H2,1-3H3,(H,9,10)/p-1. The predicted octanol–water partition coefficient (Wildman–Crippen LogP) is 1.08. The molecule has 0 saturated carbocycles. The van der Waals surface area contributed by atoms with E-state index in [0.29, 0.717) is 19.3 Å². The maximum atomic E-state index is 11.3. The van der Waals surface area contributed by atoms with Crippen LogP contribution in [0.15, 0.2) is 0 Å². The van der Waals surface area contributed by atoms with Crippen LogP contribution in [0.1, 0.15) is 19.3 Å². The zero-order valence-electron chi connectivity index (χ0n) is 10.7. The van der Waals surface area contributed by atoms with Crippen molar-refractivity contribution in [3.05, 3.63) is 0 Å². The Bertz CT molecular complexity index is 349. The molecule has 0 spiro atoms. The SMILES string of the molecule is C[Si](C)(C)OS(=O)(=O)OCCCCCOS(=O)[O-]. The number of rotatable bonds is 10. The molecule has 0 amide bonds. The highest BCUT2D eigenvalue weighted by Gasteiger charge is 2.24. The fourth-order valence-electron chi connectivity index (χ4n) is 0.999. The molecule has 0 aliphatic heterocycles. The van der Waals surface area contributed by atoms with Gasteiger partial charge in [-0.15, -0.1) is 0 Å².